The number of thiophene rings is 1. The monoisotopic (exact) mass is 327 g/mol. The number of fused-ring (bicyclic) bond motifs is 1. The van der Waals surface area contributed by atoms with Gasteiger partial charge in [0.25, 0.3) is 0 Å². The smallest absolute Gasteiger partial charge is 0.245 e. The number of hydrogen-bond donors (Lipinski definition) is 2. The van der Waals surface area contributed by atoms with Gasteiger partial charge in [0, 0.05) is 24.0 Å². The van der Waals surface area contributed by atoms with E-state index in [2.05, 4.69) is 10.6 Å². The number of nitrogens with zero attached hydrogens (tertiary/aromatic N) is 1. The zero-order valence-electron chi connectivity index (χ0n) is 11.8. The molecular formula is C14H18ClN3O2S. The third-order valence-corrected chi connectivity index (χ3v) is 5.33. The summed E-state index contributed by atoms with van der Waals surface area (Å²) >= 11 is 7.46. The van der Waals surface area contributed by atoms with Gasteiger partial charge in [0.05, 0.1) is 4.34 Å². The first-order valence-corrected chi connectivity index (χ1v) is 8.36. The standard InChI is InChI=1S/C14H18ClN3O2S/c1-2-10-14(20)18-7-8(5-11(18)13(19)17-10)16-6-9-3-4-12(15)21-9/h3-4,8,10-11,16H,2,5-7H2,1H3,(H,17,19)/t8-,10-,11-/m0/s1. The molecule has 3 rings (SSSR count). The first-order chi connectivity index (χ1) is 10.1. The summed E-state index contributed by atoms with van der Waals surface area (Å²) in [7, 11) is 0. The summed E-state index contributed by atoms with van der Waals surface area (Å²) in [5.74, 6) is 0.0236. The molecule has 2 N–H and O–H groups in total. The van der Waals surface area contributed by atoms with Gasteiger partial charge in [-0.15, -0.1) is 11.3 Å². The van der Waals surface area contributed by atoms with E-state index in [1.807, 2.05) is 19.1 Å². The van der Waals surface area contributed by atoms with Gasteiger partial charge in [-0.05, 0) is 25.0 Å². The Morgan fingerprint density at radius 2 is 2.29 bits per heavy atom. The minimum atomic E-state index is -0.358. The molecule has 1 aromatic rings. The highest BCUT2D eigenvalue weighted by Gasteiger charge is 2.45. The molecule has 0 unspecified atom stereocenters. The van der Waals surface area contributed by atoms with Gasteiger partial charge in [0.15, 0.2) is 0 Å². The van der Waals surface area contributed by atoms with E-state index in [4.69, 9.17) is 11.6 Å². The Balaban J connectivity index is 1.61. The van der Waals surface area contributed by atoms with Crippen LogP contribution in [0, 0.1) is 0 Å². The molecule has 2 aliphatic heterocycles. The van der Waals surface area contributed by atoms with Crippen LogP contribution in [-0.2, 0) is 16.1 Å². The van der Waals surface area contributed by atoms with Gasteiger partial charge in [-0.25, -0.2) is 0 Å². The third-order valence-electron chi connectivity index (χ3n) is 4.10. The highest BCUT2D eigenvalue weighted by molar-refractivity contribution is 7.16. The molecule has 0 bridgehead atoms. The Hall–Kier alpha value is -1.11. The van der Waals surface area contributed by atoms with Crippen molar-refractivity contribution in [1.82, 2.24) is 15.5 Å². The average Bonchev–Trinajstić information content (AvgIpc) is 3.07. The first-order valence-electron chi connectivity index (χ1n) is 7.17. The second-order valence-electron chi connectivity index (χ2n) is 5.50. The van der Waals surface area contributed by atoms with E-state index in [1.165, 1.54) is 0 Å². The Morgan fingerprint density at radius 1 is 1.48 bits per heavy atom. The average molecular weight is 328 g/mol. The van der Waals surface area contributed by atoms with Crippen LogP contribution in [0.1, 0.15) is 24.6 Å². The van der Waals surface area contributed by atoms with Crippen molar-refractivity contribution in [3.63, 3.8) is 0 Å². The predicted molar refractivity (Wildman–Crippen MR) is 82.3 cm³/mol. The van der Waals surface area contributed by atoms with Crippen molar-refractivity contribution in [3.8, 4) is 0 Å². The van der Waals surface area contributed by atoms with Crippen LogP contribution in [0.5, 0.6) is 0 Å². The summed E-state index contributed by atoms with van der Waals surface area (Å²) in [6.07, 6.45) is 1.31. The lowest BCUT2D eigenvalue weighted by atomic mass is 10.1. The van der Waals surface area contributed by atoms with Gasteiger partial charge in [0.2, 0.25) is 11.8 Å². The number of carbonyl (C=O) groups is 2. The van der Waals surface area contributed by atoms with Crippen LogP contribution in [0.2, 0.25) is 4.34 Å². The van der Waals surface area contributed by atoms with Crippen molar-refractivity contribution >= 4 is 34.8 Å². The Morgan fingerprint density at radius 3 is 2.95 bits per heavy atom. The van der Waals surface area contributed by atoms with Crippen LogP contribution >= 0.6 is 22.9 Å². The lowest BCUT2D eigenvalue weighted by Crippen LogP contribution is -2.60. The van der Waals surface area contributed by atoms with Crippen LogP contribution in [0.25, 0.3) is 0 Å². The summed E-state index contributed by atoms with van der Waals surface area (Å²) in [5, 5.41) is 6.23. The number of carbonyl (C=O) groups excluding carboxylic acids is 2. The molecule has 0 spiro atoms. The fourth-order valence-electron chi connectivity index (χ4n) is 2.97. The number of piperazine rings is 1. The molecule has 5 nitrogen and oxygen atoms in total. The molecular weight excluding hydrogens is 310 g/mol. The largest absolute Gasteiger partial charge is 0.343 e. The van der Waals surface area contributed by atoms with Crippen molar-refractivity contribution in [1.29, 1.82) is 0 Å². The quantitative estimate of drug-likeness (QED) is 0.878. The molecule has 3 atom stereocenters. The molecule has 2 aliphatic rings. The molecule has 7 heteroatoms. The summed E-state index contributed by atoms with van der Waals surface area (Å²) in [5.41, 5.74) is 0. The molecule has 1 aromatic heterocycles. The van der Waals surface area contributed by atoms with E-state index < -0.39 is 0 Å². The summed E-state index contributed by atoms with van der Waals surface area (Å²) < 4.78 is 0.774. The third kappa shape index (κ3) is 2.93. The van der Waals surface area contributed by atoms with Gasteiger partial charge in [-0.2, -0.15) is 0 Å². The van der Waals surface area contributed by atoms with E-state index in [0.717, 1.165) is 15.8 Å². The van der Waals surface area contributed by atoms with Crippen LogP contribution < -0.4 is 10.6 Å². The maximum atomic E-state index is 12.3. The second-order valence-corrected chi connectivity index (χ2v) is 7.29. The van der Waals surface area contributed by atoms with Crippen LogP contribution in [0.3, 0.4) is 0 Å². The minimum Gasteiger partial charge on any atom is -0.343 e. The zero-order valence-corrected chi connectivity index (χ0v) is 13.3. The van der Waals surface area contributed by atoms with Gasteiger partial charge in [0.1, 0.15) is 12.1 Å². The molecule has 2 amide bonds. The number of amides is 2. The second kappa shape index (κ2) is 5.94. The Bertz CT molecular complexity index is 562. The van der Waals surface area contributed by atoms with Gasteiger partial charge in [-0.3, -0.25) is 9.59 Å². The molecule has 0 saturated carbocycles. The predicted octanol–water partition coefficient (Wildman–Crippen LogP) is 1.37. The van der Waals surface area contributed by atoms with Gasteiger partial charge >= 0.3 is 0 Å². The van der Waals surface area contributed by atoms with Crippen molar-refractivity contribution in [2.75, 3.05) is 6.54 Å². The molecule has 21 heavy (non-hydrogen) atoms. The van der Waals surface area contributed by atoms with Gasteiger partial charge < -0.3 is 15.5 Å². The van der Waals surface area contributed by atoms with Crippen molar-refractivity contribution in [2.24, 2.45) is 0 Å². The molecule has 0 aliphatic carbocycles. The summed E-state index contributed by atoms with van der Waals surface area (Å²) in [4.78, 5) is 27.2. The van der Waals surface area contributed by atoms with Crippen molar-refractivity contribution in [2.45, 2.75) is 44.4 Å². The van der Waals surface area contributed by atoms with Crippen LogP contribution in [0.15, 0.2) is 12.1 Å². The minimum absolute atomic E-state index is 0.0232. The number of nitrogens with one attached hydrogen (secondary N) is 2. The zero-order chi connectivity index (χ0) is 15.0. The maximum Gasteiger partial charge on any atom is 0.245 e. The highest BCUT2D eigenvalue weighted by atomic mass is 35.5. The SMILES string of the molecule is CC[C@@H]1NC(=O)[C@@H]2C[C@H](NCc3ccc(Cl)s3)CN2C1=O. The Labute approximate surface area is 132 Å². The fourth-order valence-corrected chi connectivity index (χ4v) is 4.01. The van der Waals surface area contributed by atoms with Crippen LogP contribution in [0.4, 0.5) is 0 Å². The van der Waals surface area contributed by atoms with E-state index in [1.54, 1.807) is 16.2 Å². The lowest BCUT2D eigenvalue weighted by molar-refractivity contribution is -0.147. The van der Waals surface area contributed by atoms with E-state index in [0.29, 0.717) is 19.4 Å². The fraction of sp³-hybridized carbons (Fsp3) is 0.571. The first kappa shape index (κ1) is 14.8. The summed E-state index contributed by atoms with van der Waals surface area (Å²) in [6.45, 7) is 3.23. The lowest BCUT2D eigenvalue weighted by Gasteiger charge is -2.33. The van der Waals surface area contributed by atoms with Gasteiger partial charge in [-0.1, -0.05) is 18.5 Å². The molecule has 0 radical (unpaired) electrons. The van der Waals surface area contributed by atoms with Crippen molar-refractivity contribution in [3.05, 3.63) is 21.3 Å². The van der Waals surface area contributed by atoms with E-state index in [-0.39, 0.29) is 29.9 Å². The number of rotatable bonds is 4. The molecule has 3 heterocycles. The Kier molecular flexibility index (Phi) is 4.19. The molecule has 2 saturated heterocycles. The summed E-state index contributed by atoms with van der Waals surface area (Å²) in [6, 6.07) is 3.35. The highest BCUT2D eigenvalue weighted by Crippen LogP contribution is 2.25. The molecule has 0 aromatic carbocycles. The van der Waals surface area contributed by atoms with Crippen LogP contribution in [-0.4, -0.2) is 41.4 Å². The topological polar surface area (TPSA) is 61.4 Å². The number of hydrogen-bond acceptors (Lipinski definition) is 4. The van der Waals surface area contributed by atoms with Crippen molar-refractivity contribution < 1.29 is 9.59 Å². The van der Waals surface area contributed by atoms with E-state index >= 15 is 0 Å². The normalized spacial score (nSPS) is 28.7. The van der Waals surface area contributed by atoms with E-state index in [9.17, 15) is 9.59 Å². The number of halogens is 1. The molecule has 114 valence electrons. The maximum absolute atomic E-state index is 12.3. The molecule has 2 fully saturated rings.